The van der Waals surface area contributed by atoms with E-state index < -0.39 is 0 Å². The van der Waals surface area contributed by atoms with E-state index in [9.17, 15) is 9.59 Å². The Kier molecular flexibility index (Phi) is 5.53. The molecule has 1 aliphatic rings. The second-order valence-corrected chi connectivity index (χ2v) is 7.01. The van der Waals surface area contributed by atoms with Crippen LogP contribution in [0.2, 0.25) is 0 Å². The summed E-state index contributed by atoms with van der Waals surface area (Å²) in [5.41, 5.74) is 0. The number of amides is 1. The van der Waals surface area contributed by atoms with Crippen LogP contribution in [0.4, 0.5) is 0 Å². The largest absolute Gasteiger partial charge is 0.353 e. The Morgan fingerprint density at radius 1 is 1.52 bits per heavy atom. The van der Waals surface area contributed by atoms with Crippen molar-refractivity contribution in [3.05, 3.63) is 22.4 Å². The summed E-state index contributed by atoms with van der Waals surface area (Å²) in [7, 11) is 2.10. The molecule has 2 rings (SSSR count). The van der Waals surface area contributed by atoms with Gasteiger partial charge in [-0.25, -0.2) is 0 Å². The molecule has 1 saturated heterocycles. The third kappa shape index (κ3) is 4.38. The van der Waals surface area contributed by atoms with Crippen molar-refractivity contribution in [1.82, 2.24) is 10.2 Å². The van der Waals surface area contributed by atoms with Gasteiger partial charge < -0.3 is 10.2 Å². The predicted molar refractivity (Wildman–Crippen MR) is 85.7 cm³/mol. The molecule has 1 N–H and O–H groups in total. The van der Waals surface area contributed by atoms with E-state index >= 15 is 0 Å². The summed E-state index contributed by atoms with van der Waals surface area (Å²) >= 11 is 1.45. The van der Waals surface area contributed by atoms with Crippen LogP contribution in [0.3, 0.4) is 0 Å². The van der Waals surface area contributed by atoms with Crippen LogP contribution >= 0.6 is 11.3 Å². The zero-order valence-electron chi connectivity index (χ0n) is 13.0. The van der Waals surface area contributed by atoms with Gasteiger partial charge >= 0.3 is 0 Å². The van der Waals surface area contributed by atoms with Gasteiger partial charge in [-0.1, -0.05) is 6.07 Å². The van der Waals surface area contributed by atoms with Crippen molar-refractivity contribution in [1.29, 1.82) is 0 Å². The first kappa shape index (κ1) is 16.2. The summed E-state index contributed by atoms with van der Waals surface area (Å²) in [6.07, 6.45) is 2.17. The summed E-state index contributed by atoms with van der Waals surface area (Å²) in [5.74, 6) is 0.284. The molecule has 0 unspecified atom stereocenters. The fourth-order valence-corrected chi connectivity index (χ4v) is 3.43. The molecular formula is C16H24N2O2S. The van der Waals surface area contributed by atoms with E-state index in [1.165, 1.54) is 11.3 Å². The highest BCUT2D eigenvalue weighted by Crippen LogP contribution is 2.22. The smallest absolute Gasteiger partial charge is 0.223 e. The summed E-state index contributed by atoms with van der Waals surface area (Å²) in [4.78, 5) is 27.4. The number of ketones is 1. The normalized spacial score (nSPS) is 24.5. The van der Waals surface area contributed by atoms with Gasteiger partial charge in [-0.05, 0) is 51.7 Å². The molecule has 0 spiro atoms. The van der Waals surface area contributed by atoms with E-state index in [1.807, 2.05) is 24.4 Å². The van der Waals surface area contributed by atoms with E-state index in [0.717, 1.165) is 24.3 Å². The fraction of sp³-hybridized carbons (Fsp3) is 0.625. The highest BCUT2D eigenvalue weighted by Gasteiger charge is 2.28. The number of Topliss-reactive ketones (excluding diaryl/α,β-unsaturated/α-hetero) is 1. The molecule has 1 fully saturated rings. The minimum absolute atomic E-state index is 0.0792. The second-order valence-electron chi connectivity index (χ2n) is 6.07. The average molecular weight is 308 g/mol. The van der Waals surface area contributed by atoms with E-state index in [1.54, 1.807) is 0 Å². The van der Waals surface area contributed by atoms with Gasteiger partial charge in [0.25, 0.3) is 0 Å². The lowest BCUT2D eigenvalue weighted by Crippen LogP contribution is -2.45. The van der Waals surface area contributed by atoms with Crippen molar-refractivity contribution in [2.75, 3.05) is 13.6 Å². The first-order valence-corrected chi connectivity index (χ1v) is 8.42. The zero-order valence-corrected chi connectivity index (χ0v) is 13.8. The number of hydrogen-bond acceptors (Lipinski definition) is 4. The van der Waals surface area contributed by atoms with Crippen LogP contribution < -0.4 is 5.32 Å². The van der Waals surface area contributed by atoms with Gasteiger partial charge in [-0.2, -0.15) is 0 Å². The molecule has 3 atom stereocenters. The number of nitrogens with one attached hydrogen (secondary N) is 1. The maximum Gasteiger partial charge on any atom is 0.223 e. The highest BCUT2D eigenvalue weighted by atomic mass is 32.1. The lowest BCUT2D eigenvalue weighted by molar-refractivity contribution is -0.127. The molecule has 4 nitrogen and oxygen atoms in total. The zero-order chi connectivity index (χ0) is 15.4. The molecule has 1 aromatic heterocycles. The van der Waals surface area contributed by atoms with Crippen molar-refractivity contribution < 1.29 is 9.59 Å². The summed E-state index contributed by atoms with van der Waals surface area (Å²) in [6, 6.07) is 4.04. The Balaban J connectivity index is 1.81. The number of likely N-dealkylation sites (tertiary alicyclic amines) is 1. The monoisotopic (exact) mass is 308 g/mol. The molecule has 0 bridgehead atoms. The molecule has 1 aromatic rings. The molecule has 1 aliphatic heterocycles. The summed E-state index contributed by atoms with van der Waals surface area (Å²) in [6.45, 7) is 5.02. The highest BCUT2D eigenvalue weighted by molar-refractivity contribution is 7.12. The SMILES string of the molecule is C[C@@H](CC(=O)c1cccs1)NC(=O)[C@H]1CCN(C)[C@@H](C)C1. The van der Waals surface area contributed by atoms with Crippen molar-refractivity contribution >= 4 is 23.0 Å². The number of nitrogens with zero attached hydrogens (tertiary/aromatic N) is 1. The molecule has 2 heterocycles. The Labute approximate surface area is 130 Å². The maximum absolute atomic E-state index is 12.3. The third-order valence-electron chi connectivity index (χ3n) is 4.26. The van der Waals surface area contributed by atoms with Crippen LogP contribution in [0.5, 0.6) is 0 Å². The molecule has 1 amide bonds. The Hall–Kier alpha value is -1.20. The van der Waals surface area contributed by atoms with Crippen molar-refractivity contribution in [2.24, 2.45) is 5.92 Å². The second kappa shape index (κ2) is 7.18. The van der Waals surface area contributed by atoms with Crippen molar-refractivity contribution in [3.8, 4) is 0 Å². The molecule has 21 heavy (non-hydrogen) atoms. The Bertz CT molecular complexity index is 486. The number of carbonyl (C=O) groups excluding carboxylic acids is 2. The lowest BCUT2D eigenvalue weighted by Gasteiger charge is -2.34. The minimum Gasteiger partial charge on any atom is -0.353 e. The standard InChI is InChI=1S/C16H24N2O2S/c1-11(9-14(19)15-5-4-8-21-15)17-16(20)13-6-7-18(3)12(2)10-13/h4-5,8,11-13H,6-7,9-10H2,1-3H3,(H,17,20)/t11-,12-,13-/m0/s1. The van der Waals surface area contributed by atoms with Crippen LogP contribution in [0.1, 0.15) is 42.8 Å². The Morgan fingerprint density at radius 3 is 2.90 bits per heavy atom. The van der Waals surface area contributed by atoms with E-state index in [-0.39, 0.29) is 23.7 Å². The molecule has 0 saturated carbocycles. The minimum atomic E-state index is -0.109. The third-order valence-corrected chi connectivity index (χ3v) is 5.17. The first-order valence-electron chi connectivity index (χ1n) is 7.54. The molecule has 5 heteroatoms. The molecule has 0 aliphatic carbocycles. The van der Waals surface area contributed by atoms with E-state index in [4.69, 9.17) is 0 Å². The van der Waals surface area contributed by atoms with E-state index in [2.05, 4.69) is 24.2 Å². The number of hydrogen-bond donors (Lipinski definition) is 1. The summed E-state index contributed by atoms with van der Waals surface area (Å²) in [5, 5.41) is 4.90. The van der Waals surface area contributed by atoms with Crippen LogP contribution in [0, 0.1) is 5.92 Å². The average Bonchev–Trinajstić information content (AvgIpc) is 2.95. The number of carbonyl (C=O) groups is 2. The van der Waals surface area contributed by atoms with Crippen molar-refractivity contribution in [2.45, 2.75) is 45.2 Å². The summed E-state index contributed by atoms with van der Waals surface area (Å²) < 4.78 is 0. The van der Waals surface area contributed by atoms with Gasteiger partial charge in [0.15, 0.2) is 5.78 Å². The predicted octanol–water partition coefficient (Wildman–Crippen LogP) is 2.56. The molecular weight excluding hydrogens is 284 g/mol. The lowest BCUT2D eigenvalue weighted by atomic mass is 9.91. The number of rotatable bonds is 5. The van der Waals surface area contributed by atoms with Gasteiger partial charge in [0, 0.05) is 24.4 Å². The van der Waals surface area contributed by atoms with Crippen LogP contribution in [0.25, 0.3) is 0 Å². The first-order chi connectivity index (χ1) is 9.97. The van der Waals surface area contributed by atoms with Crippen LogP contribution in [-0.4, -0.2) is 42.3 Å². The topological polar surface area (TPSA) is 49.4 Å². The van der Waals surface area contributed by atoms with Crippen molar-refractivity contribution in [3.63, 3.8) is 0 Å². The molecule has 0 radical (unpaired) electrons. The maximum atomic E-state index is 12.3. The van der Waals surface area contributed by atoms with Gasteiger partial charge in [-0.15, -0.1) is 11.3 Å². The van der Waals surface area contributed by atoms with Crippen LogP contribution in [0.15, 0.2) is 17.5 Å². The van der Waals surface area contributed by atoms with Gasteiger partial charge in [0.05, 0.1) is 4.88 Å². The molecule has 0 aromatic carbocycles. The quantitative estimate of drug-likeness (QED) is 0.851. The van der Waals surface area contributed by atoms with Gasteiger partial charge in [0.1, 0.15) is 0 Å². The fourth-order valence-electron chi connectivity index (χ4n) is 2.76. The van der Waals surface area contributed by atoms with Crippen LogP contribution in [-0.2, 0) is 4.79 Å². The number of piperidine rings is 1. The van der Waals surface area contributed by atoms with E-state index in [0.29, 0.717) is 12.5 Å². The van der Waals surface area contributed by atoms with Gasteiger partial charge in [-0.3, -0.25) is 9.59 Å². The number of thiophene rings is 1. The van der Waals surface area contributed by atoms with Gasteiger partial charge in [0.2, 0.25) is 5.91 Å². The Morgan fingerprint density at radius 2 is 2.29 bits per heavy atom. The molecule has 116 valence electrons.